The monoisotopic (exact) mass is 369 g/mol. The Balaban J connectivity index is 1.75. The minimum Gasteiger partial charge on any atom is -0.478 e. The van der Waals surface area contributed by atoms with Crippen LogP contribution in [0, 0.1) is 5.92 Å². The van der Waals surface area contributed by atoms with Crippen LogP contribution < -0.4 is 0 Å². The fraction of sp³-hybridized carbons (Fsp3) is 0.400. The molecule has 3 rings (SSSR count). The zero-order valence-electron chi connectivity index (χ0n) is 15.3. The van der Waals surface area contributed by atoms with Crippen molar-refractivity contribution < 1.29 is 19.4 Å². The average molecular weight is 369 g/mol. The average Bonchev–Trinajstić information content (AvgIpc) is 2.69. The predicted molar refractivity (Wildman–Crippen MR) is 99.3 cm³/mol. The molecule has 2 heterocycles. The van der Waals surface area contributed by atoms with Gasteiger partial charge in [-0.1, -0.05) is 18.2 Å². The van der Waals surface area contributed by atoms with E-state index in [1.54, 1.807) is 36.7 Å². The van der Waals surface area contributed by atoms with Crippen LogP contribution in [0.2, 0.25) is 0 Å². The fourth-order valence-electron chi connectivity index (χ4n) is 3.49. The van der Waals surface area contributed by atoms with Gasteiger partial charge in [-0.15, -0.1) is 0 Å². The summed E-state index contributed by atoms with van der Waals surface area (Å²) in [6.07, 6.45) is 5.70. The molecule has 1 saturated heterocycles. The molecule has 1 fully saturated rings. The lowest BCUT2D eigenvalue weighted by Crippen LogP contribution is -2.40. The molecule has 0 saturated carbocycles. The maximum absolute atomic E-state index is 11.9. The molecule has 142 valence electrons. The minimum absolute atomic E-state index is 0.0199. The van der Waals surface area contributed by atoms with Gasteiger partial charge >= 0.3 is 5.97 Å². The molecule has 27 heavy (non-hydrogen) atoms. The number of amides is 1. The van der Waals surface area contributed by atoms with Crippen molar-refractivity contribution in [2.24, 2.45) is 5.92 Å². The van der Waals surface area contributed by atoms with Gasteiger partial charge in [0.2, 0.25) is 5.91 Å². The first kappa shape index (κ1) is 19.0. The van der Waals surface area contributed by atoms with E-state index < -0.39 is 5.97 Å². The topological polar surface area (TPSA) is 92.6 Å². The van der Waals surface area contributed by atoms with Crippen molar-refractivity contribution in [3.8, 4) is 11.3 Å². The number of carboxylic acid groups (broad SMARTS) is 1. The number of carbonyl (C=O) groups is 2. The van der Waals surface area contributed by atoms with Gasteiger partial charge in [0.25, 0.3) is 0 Å². The molecule has 7 heteroatoms. The molecule has 1 aromatic heterocycles. The molecule has 0 spiro atoms. The second-order valence-electron chi connectivity index (χ2n) is 6.66. The number of aromatic nitrogens is 2. The number of benzene rings is 1. The first-order chi connectivity index (χ1) is 13.1. The Labute approximate surface area is 158 Å². The minimum atomic E-state index is -0.979. The Morgan fingerprint density at radius 2 is 1.89 bits per heavy atom. The van der Waals surface area contributed by atoms with E-state index in [4.69, 9.17) is 4.74 Å². The zero-order valence-corrected chi connectivity index (χ0v) is 15.3. The number of aromatic carboxylic acids is 1. The van der Waals surface area contributed by atoms with Gasteiger partial charge in [-0.2, -0.15) is 0 Å². The van der Waals surface area contributed by atoms with Crippen LogP contribution in [0.25, 0.3) is 11.3 Å². The number of rotatable bonds is 6. The molecule has 1 aliphatic heterocycles. The van der Waals surface area contributed by atoms with E-state index in [2.05, 4.69) is 9.97 Å². The van der Waals surface area contributed by atoms with Gasteiger partial charge in [0.1, 0.15) is 6.61 Å². The van der Waals surface area contributed by atoms with Crippen LogP contribution in [-0.4, -0.2) is 58.7 Å². The second-order valence-corrected chi connectivity index (χ2v) is 6.66. The first-order valence-corrected chi connectivity index (χ1v) is 8.99. The SMILES string of the molecule is COCC(=O)N1CCC(Cc2nccnc2-c2ccccc2C(=O)O)CC1. The molecule has 1 aliphatic rings. The van der Waals surface area contributed by atoms with Crippen molar-refractivity contribution in [1.82, 2.24) is 14.9 Å². The van der Waals surface area contributed by atoms with Gasteiger partial charge < -0.3 is 14.7 Å². The van der Waals surface area contributed by atoms with Crippen molar-refractivity contribution in [3.63, 3.8) is 0 Å². The van der Waals surface area contributed by atoms with Gasteiger partial charge in [0.15, 0.2) is 0 Å². The van der Waals surface area contributed by atoms with Crippen LogP contribution in [0.1, 0.15) is 28.9 Å². The quantitative estimate of drug-likeness (QED) is 0.840. The van der Waals surface area contributed by atoms with Crippen molar-refractivity contribution in [3.05, 3.63) is 47.9 Å². The number of methoxy groups -OCH3 is 1. The lowest BCUT2D eigenvalue weighted by atomic mass is 9.90. The third-order valence-electron chi connectivity index (χ3n) is 4.90. The van der Waals surface area contributed by atoms with Crippen LogP contribution >= 0.6 is 0 Å². The standard InChI is InChI=1S/C20H23N3O4/c1-27-13-18(24)23-10-6-14(7-11-23)12-17-19(22-9-8-21-17)15-4-2-3-5-16(15)20(25)26/h2-5,8-9,14H,6-7,10-13H2,1H3,(H,25,26). The summed E-state index contributed by atoms with van der Waals surface area (Å²) in [5.41, 5.74) is 2.22. The lowest BCUT2D eigenvalue weighted by Gasteiger charge is -2.32. The maximum atomic E-state index is 11.9. The summed E-state index contributed by atoms with van der Waals surface area (Å²) in [6.45, 7) is 1.52. The van der Waals surface area contributed by atoms with Gasteiger partial charge in [0, 0.05) is 38.2 Å². The molecule has 1 aromatic carbocycles. The molecule has 1 amide bonds. The highest BCUT2D eigenvalue weighted by Crippen LogP contribution is 2.28. The van der Waals surface area contributed by atoms with E-state index >= 15 is 0 Å². The smallest absolute Gasteiger partial charge is 0.336 e. The number of carbonyl (C=O) groups excluding carboxylic acids is 1. The summed E-state index contributed by atoms with van der Waals surface area (Å²) < 4.78 is 4.92. The van der Waals surface area contributed by atoms with Gasteiger partial charge in [-0.3, -0.25) is 14.8 Å². The van der Waals surface area contributed by atoms with Crippen LogP contribution in [0.5, 0.6) is 0 Å². The van der Waals surface area contributed by atoms with E-state index in [0.29, 0.717) is 36.7 Å². The van der Waals surface area contributed by atoms with Crippen molar-refractivity contribution in [2.45, 2.75) is 19.3 Å². The molecule has 0 unspecified atom stereocenters. The summed E-state index contributed by atoms with van der Waals surface area (Å²) in [6, 6.07) is 6.86. The molecule has 7 nitrogen and oxygen atoms in total. The Bertz CT molecular complexity index is 816. The summed E-state index contributed by atoms with van der Waals surface area (Å²) >= 11 is 0. The van der Waals surface area contributed by atoms with Crippen molar-refractivity contribution in [1.29, 1.82) is 0 Å². The van der Waals surface area contributed by atoms with Crippen molar-refractivity contribution >= 4 is 11.9 Å². The van der Waals surface area contributed by atoms with Crippen LogP contribution in [-0.2, 0) is 16.0 Å². The number of nitrogens with zero attached hydrogens (tertiary/aromatic N) is 3. The van der Waals surface area contributed by atoms with Crippen LogP contribution in [0.4, 0.5) is 0 Å². The molecule has 0 radical (unpaired) electrons. The van der Waals surface area contributed by atoms with Crippen LogP contribution in [0.15, 0.2) is 36.7 Å². The number of hydrogen-bond donors (Lipinski definition) is 1. The predicted octanol–water partition coefficient (Wildman–Crippen LogP) is 2.27. The number of hydrogen-bond acceptors (Lipinski definition) is 5. The molecular weight excluding hydrogens is 346 g/mol. The number of carboxylic acids is 1. The lowest BCUT2D eigenvalue weighted by molar-refractivity contribution is -0.136. The second kappa shape index (κ2) is 8.73. The highest BCUT2D eigenvalue weighted by molar-refractivity contribution is 5.95. The van der Waals surface area contributed by atoms with Crippen LogP contribution in [0.3, 0.4) is 0 Å². The molecule has 0 bridgehead atoms. The normalized spacial score (nSPS) is 14.9. The fourth-order valence-corrected chi connectivity index (χ4v) is 3.49. The van der Waals surface area contributed by atoms with E-state index in [1.807, 2.05) is 4.90 Å². The Kier molecular flexibility index (Phi) is 6.13. The Hall–Kier alpha value is -2.80. The number of likely N-dealkylation sites (tertiary alicyclic amines) is 1. The van der Waals surface area contributed by atoms with E-state index in [1.165, 1.54) is 7.11 Å². The Morgan fingerprint density at radius 3 is 2.59 bits per heavy atom. The van der Waals surface area contributed by atoms with Gasteiger partial charge in [-0.25, -0.2) is 4.79 Å². The number of ether oxygens (including phenoxy) is 1. The van der Waals surface area contributed by atoms with Crippen molar-refractivity contribution in [2.75, 3.05) is 26.8 Å². The van der Waals surface area contributed by atoms with Gasteiger partial charge in [0.05, 0.1) is 17.0 Å². The van der Waals surface area contributed by atoms with Gasteiger partial charge in [-0.05, 0) is 31.2 Å². The summed E-state index contributed by atoms with van der Waals surface area (Å²) in [4.78, 5) is 34.2. The summed E-state index contributed by atoms with van der Waals surface area (Å²) in [7, 11) is 1.52. The molecule has 0 aliphatic carbocycles. The molecule has 2 aromatic rings. The molecule has 1 N–H and O–H groups in total. The van der Waals surface area contributed by atoms with E-state index in [9.17, 15) is 14.7 Å². The molecule has 0 atom stereocenters. The maximum Gasteiger partial charge on any atom is 0.336 e. The van der Waals surface area contributed by atoms with E-state index in [0.717, 1.165) is 18.5 Å². The largest absolute Gasteiger partial charge is 0.478 e. The summed E-state index contributed by atoms with van der Waals surface area (Å²) in [5.74, 6) is -0.581. The summed E-state index contributed by atoms with van der Waals surface area (Å²) in [5, 5.41) is 9.47. The number of piperidine rings is 1. The Morgan fingerprint density at radius 1 is 1.19 bits per heavy atom. The molecular formula is C20H23N3O4. The van der Waals surface area contributed by atoms with E-state index in [-0.39, 0.29) is 18.1 Å². The third-order valence-corrected chi connectivity index (χ3v) is 4.90. The highest BCUT2D eigenvalue weighted by Gasteiger charge is 2.25. The first-order valence-electron chi connectivity index (χ1n) is 8.99. The third kappa shape index (κ3) is 4.49. The highest BCUT2D eigenvalue weighted by atomic mass is 16.5. The zero-order chi connectivity index (χ0) is 19.2.